The van der Waals surface area contributed by atoms with Crippen molar-refractivity contribution in [1.29, 1.82) is 0 Å². The standard InChI is InChI=1S/C64H41N3O.C64H41N3S/c1-4-17-42(18-5-1)44-31-35-46(36-32-44)61-65-62(47-37-33-45(34-38-47)43-19-6-2-7-20-43)67-63(66-61)54-26-11-10-23-50(54)53-27-16-30-58-60(53)55-40-39-49(41-59(55)68-58)64(48-21-8-3-9-22-48)56-28-14-12-24-51(56)52-25-13-15-29-57(52)64;1-4-16-42(17-5-1)44-28-32-46(33-29-44)61-65-62(47-34-30-45(31-35-47)43-18-6-2-7-19-43)67-63(66-61)56-25-11-10-22-51(56)48-36-38-54-55-39-37-50(41-60(55)68-59(54)40-48)64(49-20-8-3-9-21-49)57-26-14-12-23-52(57)53-24-13-15-27-58(53)64/h2*1-41H. The van der Waals surface area contributed by atoms with Crippen molar-refractivity contribution in [2.75, 3.05) is 0 Å². The van der Waals surface area contributed by atoms with Crippen molar-refractivity contribution in [1.82, 2.24) is 29.9 Å². The van der Waals surface area contributed by atoms with Crippen LogP contribution in [0.3, 0.4) is 0 Å². The SMILES string of the molecule is c1ccc(-c2ccc(-c3nc(-c4ccc(-c5ccccc5)cc4)nc(-c4ccccc4-c4ccc5c(c4)sc4cc(C6(c7ccccc7)c7ccccc7-c7ccccc76)ccc45)n3)cc2)cc1.c1ccc(-c2ccc(-c3nc(-c4ccc(-c5ccccc5)cc4)nc(-c4ccccc4-c4cccc5oc6cc(C7(c8ccccc8)c8ccccc8-c8ccccc87)ccc6c45)n3)cc2)cc1. The van der Waals surface area contributed by atoms with E-state index in [4.69, 9.17) is 34.3 Å². The van der Waals surface area contributed by atoms with Crippen molar-refractivity contribution in [3.63, 3.8) is 0 Å². The summed E-state index contributed by atoms with van der Waals surface area (Å²) < 4.78 is 9.42. The van der Waals surface area contributed by atoms with Crippen molar-refractivity contribution in [3.05, 3.63) is 542 Å². The fourth-order valence-electron chi connectivity index (χ4n) is 21.0. The topological polar surface area (TPSA) is 90.5 Å². The van der Waals surface area contributed by atoms with Gasteiger partial charge in [0.15, 0.2) is 34.9 Å². The van der Waals surface area contributed by atoms with E-state index < -0.39 is 10.8 Å². The van der Waals surface area contributed by atoms with E-state index in [1.165, 1.54) is 92.5 Å². The molecule has 0 amide bonds. The molecule has 636 valence electrons. The summed E-state index contributed by atoms with van der Waals surface area (Å²) in [6.07, 6.45) is 0. The van der Waals surface area contributed by atoms with Crippen LogP contribution in [0.5, 0.6) is 0 Å². The molecule has 2 aliphatic carbocycles. The molecule has 0 aliphatic heterocycles. The molecule has 0 unspecified atom stereocenters. The highest BCUT2D eigenvalue weighted by Gasteiger charge is 2.48. The van der Waals surface area contributed by atoms with Gasteiger partial charge in [0.2, 0.25) is 0 Å². The Morgan fingerprint density at radius 1 is 0.162 bits per heavy atom. The zero-order valence-corrected chi connectivity index (χ0v) is 74.7. The molecule has 20 aromatic carbocycles. The summed E-state index contributed by atoms with van der Waals surface area (Å²) >= 11 is 1.86. The first-order valence-corrected chi connectivity index (χ1v) is 47.0. The minimum absolute atomic E-state index is 0.445. The fraction of sp³-hybridized carbons (Fsp3) is 0.0156. The van der Waals surface area contributed by atoms with Crippen LogP contribution in [0.25, 0.3) is 199 Å². The van der Waals surface area contributed by atoms with Gasteiger partial charge < -0.3 is 4.42 Å². The zero-order chi connectivity index (χ0) is 90.0. The molecule has 0 spiro atoms. The minimum Gasteiger partial charge on any atom is -0.456 e. The van der Waals surface area contributed by atoms with E-state index in [1.54, 1.807) is 0 Å². The Morgan fingerprint density at radius 2 is 0.434 bits per heavy atom. The monoisotopic (exact) mass is 1750 g/mol. The molecular formula is C128H82N6OS. The Morgan fingerprint density at radius 3 is 0.824 bits per heavy atom. The molecule has 26 rings (SSSR count). The second-order valence-corrected chi connectivity index (χ2v) is 36.0. The van der Waals surface area contributed by atoms with Crippen LogP contribution >= 0.6 is 11.3 Å². The summed E-state index contributed by atoms with van der Waals surface area (Å²) in [5, 5.41) is 4.61. The molecule has 136 heavy (non-hydrogen) atoms. The van der Waals surface area contributed by atoms with Crippen LogP contribution in [-0.2, 0) is 10.8 Å². The Balaban J connectivity index is 0.000000145. The Labute approximate surface area is 792 Å². The molecular weight excluding hydrogens is 1670 g/mol. The van der Waals surface area contributed by atoms with E-state index in [1.807, 2.05) is 35.6 Å². The largest absolute Gasteiger partial charge is 0.456 e. The molecule has 4 aromatic heterocycles. The van der Waals surface area contributed by atoms with Gasteiger partial charge in [0.05, 0.1) is 10.8 Å². The average Bonchev–Trinajstić information content (AvgIpc) is 1.54. The van der Waals surface area contributed by atoms with Crippen LogP contribution in [0, 0.1) is 0 Å². The summed E-state index contributed by atoms with van der Waals surface area (Å²) in [5.74, 6) is 3.69. The van der Waals surface area contributed by atoms with E-state index in [0.717, 1.165) is 117 Å². The Hall–Kier alpha value is -17.6. The Kier molecular flexibility index (Phi) is 20.1. The molecule has 0 saturated carbocycles. The normalized spacial score (nSPS) is 12.5. The summed E-state index contributed by atoms with van der Waals surface area (Å²) in [7, 11) is 0. The molecule has 0 bridgehead atoms. The van der Waals surface area contributed by atoms with Gasteiger partial charge in [-0.15, -0.1) is 11.3 Å². The first-order valence-electron chi connectivity index (χ1n) is 46.2. The predicted octanol–water partition coefficient (Wildman–Crippen LogP) is 32.7. The number of fused-ring (bicyclic) bond motifs is 12. The molecule has 4 heterocycles. The smallest absolute Gasteiger partial charge is 0.164 e. The summed E-state index contributed by atoms with van der Waals surface area (Å²) in [5.41, 5.74) is 34.9. The number of hydrogen-bond acceptors (Lipinski definition) is 8. The lowest BCUT2D eigenvalue weighted by Crippen LogP contribution is -2.28. The number of benzene rings is 20. The molecule has 24 aromatic rings. The van der Waals surface area contributed by atoms with E-state index in [0.29, 0.717) is 34.9 Å². The van der Waals surface area contributed by atoms with Crippen LogP contribution < -0.4 is 0 Å². The maximum atomic E-state index is 6.91. The third-order valence-electron chi connectivity index (χ3n) is 27.4. The predicted molar refractivity (Wildman–Crippen MR) is 560 cm³/mol. The molecule has 0 radical (unpaired) electrons. The molecule has 8 heteroatoms. The lowest BCUT2D eigenvalue weighted by atomic mass is 9.67. The van der Waals surface area contributed by atoms with E-state index in [9.17, 15) is 0 Å². The number of thiophene rings is 1. The van der Waals surface area contributed by atoms with Crippen LogP contribution in [0.1, 0.15) is 44.5 Å². The highest BCUT2D eigenvalue weighted by molar-refractivity contribution is 7.25. The highest BCUT2D eigenvalue weighted by Crippen LogP contribution is 2.59. The van der Waals surface area contributed by atoms with Crippen molar-refractivity contribution < 1.29 is 4.42 Å². The number of rotatable bonds is 16. The molecule has 7 nitrogen and oxygen atoms in total. The molecule has 2 aliphatic rings. The lowest BCUT2D eigenvalue weighted by molar-refractivity contribution is 0.665. The van der Waals surface area contributed by atoms with Gasteiger partial charge >= 0.3 is 0 Å². The lowest BCUT2D eigenvalue weighted by Gasteiger charge is -2.33. The number of nitrogens with zero attached hydrogens (tertiary/aromatic N) is 6. The van der Waals surface area contributed by atoms with Gasteiger partial charge in [-0.1, -0.05) is 473 Å². The highest BCUT2D eigenvalue weighted by atomic mass is 32.1. The van der Waals surface area contributed by atoms with Crippen molar-refractivity contribution >= 4 is 53.4 Å². The number of aromatic nitrogens is 6. The van der Waals surface area contributed by atoms with Gasteiger partial charge in [-0.2, -0.15) is 0 Å². The first kappa shape index (κ1) is 80.5. The van der Waals surface area contributed by atoms with E-state index in [2.05, 4.69) is 473 Å². The first-order chi connectivity index (χ1) is 67.4. The van der Waals surface area contributed by atoms with Crippen LogP contribution in [0.2, 0.25) is 0 Å². The summed E-state index contributed by atoms with van der Waals surface area (Å²) in [4.78, 5) is 31.3. The number of furan rings is 1. The molecule has 0 N–H and O–H groups in total. The van der Waals surface area contributed by atoms with Crippen LogP contribution in [-0.4, -0.2) is 29.9 Å². The fourth-order valence-corrected chi connectivity index (χ4v) is 22.2. The van der Waals surface area contributed by atoms with Gasteiger partial charge in [-0.25, -0.2) is 29.9 Å². The van der Waals surface area contributed by atoms with Crippen molar-refractivity contribution in [2.24, 2.45) is 0 Å². The van der Waals surface area contributed by atoms with Gasteiger partial charge in [-0.3, -0.25) is 0 Å². The molecule has 0 fully saturated rings. The summed E-state index contributed by atoms with van der Waals surface area (Å²) in [6.45, 7) is 0. The second kappa shape index (κ2) is 34.0. The van der Waals surface area contributed by atoms with Gasteiger partial charge in [0, 0.05) is 64.3 Å². The quantitative estimate of drug-likeness (QED) is 0.0952. The molecule has 0 atom stereocenters. The number of hydrogen-bond donors (Lipinski definition) is 0. The second-order valence-electron chi connectivity index (χ2n) is 34.9. The van der Waals surface area contributed by atoms with E-state index in [-0.39, 0.29) is 0 Å². The third kappa shape index (κ3) is 14.0. The van der Waals surface area contributed by atoms with Crippen LogP contribution in [0.4, 0.5) is 0 Å². The van der Waals surface area contributed by atoms with Gasteiger partial charge in [-0.05, 0) is 158 Å². The average molecular weight is 1750 g/mol. The maximum absolute atomic E-state index is 6.91. The zero-order valence-electron chi connectivity index (χ0n) is 73.8. The maximum Gasteiger partial charge on any atom is 0.164 e. The van der Waals surface area contributed by atoms with Crippen LogP contribution in [0.15, 0.2) is 502 Å². The minimum atomic E-state index is -0.533. The van der Waals surface area contributed by atoms with Crippen molar-refractivity contribution in [2.45, 2.75) is 10.8 Å². The third-order valence-corrected chi connectivity index (χ3v) is 28.5. The van der Waals surface area contributed by atoms with Crippen molar-refractivity contribution in [3.8, 4) is 157 Å². The Bertz CT molecular complexity index is 8370. The summed E-state index contributed by atoms with van der Waals surface area (Å²) in [6, 6.07) is 177. The van der Waals surface area contributed by atoms with Gasteiger partial charge in [0.25, 0.3) is 0 Å². The van der Waals surface area contributed by atoms with E-state index >= 15 is 0 Å². The van der Waals surface area contributed by atoms with Gasteiger partial charge in [0.1, 0.15) is 11.2 Å². The molecule has 0 saturated heterocycles.